The van der Waals surface area contributed by atoms with Gasteiger partial charge in [0, 0.05) is 4.47 Å². The Bertz CT molecular complexity index is 778. The highest BCUT2D eigenvalue weighted by Gasteiger charge is 2.14. The maximum absolute atomic E-state index is 12.2. The number of aromatic nitrogens is 3. The Morgan fingerprint density at radius 3 is 3.05 bits per heavy atom. The molecule has 2 aromatic heterocycles. The summed E-state index contributed by atoms with van der Waals surface area (Å²) in [5, 5.41) is 2.77. The minimum absolute atomic E-state index is 0.223. The number of carbonyl (C=O) groups is 1. The van der Waals surface area contributed by atoms with Crippen LogP contribution >= 0.6 is 15.9 Å². The SMILES string of the molecule is Cc1cnc(CNC(=O)c2cc(Br)cc3[nH]cnc23)o1. The summed E-state index contributed by atoms with van der Waals surface area (Å²) >= 11 is 3.38. The molecule has 0 saturated carbocycles. The summed E-state index contributed by atoms with van der Waals surface area (Å²) in [7, 11) is 0. The number of imidazole rings is 1. The summed E-state index contributed by atoms with van der Waals surface area (Å²) < 4.78 is 6.12. The molecule has 6 nitrogen and oxygen atoms in total. The van der Waals surface area contributed by atoms with Crippen LogP contribution in [0.2, 0.25) is 0 Å². The number of benzene rings is 1. The molecule has 0 unspecified atom stereocenters. The number of amides is 1. The number of fused-ring (bicyclic) bond motifs is 1. The van der Waals surface area contributed by atoms with Gasteiger partial charge in [0.2, 0.25) is 5.89 Å². The van der Waals surface area contributed by atoms with Crippen LogP contribution in [0.1, 0.15) is 22.0 Å². The van der Waals surface area contributed by atoms with E-state index in [-0.39, 0.29) is 12.5 Å². The lowest BCUT2D eigenvalue weighted by Crippen LogP contribution is -2.23. The van der Waals surface area contributed by atoms with Crippen LogP contribution in [0, 0.1) is 6.92 Å². The molecule has 0 aliphatic rings. The summed E-state index contributed by atoms with van der Waals surface area (Å²) in [5.41, 5.74) is 1.93. The smallest absolute Gasteiger partial charge is 0.254 e. The van der Waals surface area contributed by atoms with Crippen LogP contribution in [0.5, 0.6) is 0 Å². The average Bonchev–Trinajstić information content (AvgIpc) is 3.03. The third-order valence-corrected chi connectivity index (χ3v) is 3.26. The molecule has 102 valence electrons. The number of aryl methyl sites for hydroxylation is 1. The van der Waals surface area contributed by atoms with Gasteiger partial charge in [-0.1, -0.05) is 15.9 Å². The standard InChI is InChI=1S/C13H11BrN4O2/c1-7-4-15-11(20-7)5-16-13(19)9-2-8(14)3-10-12(9)18-6-17-10/h2-4,6H,5H2,1H3,(H,16,19)(H,17,18). The number of nitrogens with zero attached hydrogens (tertiary/aromatic N) is 2. The maximum atomic E-state index is 12.2. The first-order valence-electron chi connectivity index (χ1n) is 5.95. The van der Waals surface area contributed by atoms with Gasteiger partial charge in [0.15, 0.2) is 0 Å². The normalized spacial score (nSPS) is 10.9. The van der Waals surface area contributed by atoms with Gasteiger partial charge in [-0.3, -0.25) is 4.79 Å². The van der Waals surface area contributed by atoms with Crippen molar-refractivity contribution in [3.8, 4) is 0 Å². The first-order valence-corrected chi connectivity index (χ1v) is 6.75. The van der Waals surface area contributed by atoms with E-state index in [1.807, 2.05) is 6.07 Å². The first-order chi connectivity index (χ1) is 9.63. The zero-order chi connectivity index (χ0) is 14.1. The summed E-state index contributed by atoms with van der Waals surface area (Å²) in [6, 6.07) is 3.61. The van der Waals surface area contributed by atoms with Crippen molar-refractivity contribution >= 4 is 32.9 Å². The Balaban J connectivity index is 1.83. The van der Waals surface area contributed by atoms with Crippen LogP contribution in [0.4, 0.5) is 0 Å². The molecule has 0 aliphatic carbocycles. The van der Waals surface area contributed by atoms with E-state index in [9.17, 15) is 4.79 Å². The molecule has 1 aromatic carbocycles. The van der Waals surface area contributed by atoms with Crippen molar-refractivity contribution in [3.05, 3.63) is 46.3 Å². The van der Waals surface area contributed by atoms with E-state index in [0.29, 0.717) is 22.7 Å². The van der Waals surface area contributed by atoms with Gasteiger partial charge < -0.3 is 14.7 Å². The fraction of sp³-hybridized carbons (Fsp3) is 0.154. The van der Waals surface area contributed by atoms with Gasteiger partial charge in [-0.25, -0.2) is 9.97 Å². The summed E-state index contributed by atoms with van der Waals surface area (Å²) in [4.78, 5) is 23.4. The molecule has 0 fully saturated rings. The van der Waals surface area contributed by atoms with Gasteiger partial charge >= 0.3 is 0 Å². The number of halogens is 1. The Morgan fingerprint density at radius 2 is 2.30 bits per heavy atom. The van der Waals surface area contributed by atoms with E-state index in [4.69, 9.17) is 4.42 Å². The van der Waals surface area contributed by atoms with Crippen molar-refractivity contribution in [2.75, 3.05) is 0 Å². The van der Waals surface area contributed by atoms with E-state index < -0.39 is 0 Å². The number of oxazole rings is 1. The van der Waals surface area contributed by atoms with Crippen molar-refractivity contribution in [2.24, 2.45) is 0 Å². The first kappa shape index (κ1) is 12.9. The third kappa shape index (κ3) is 2.44. The van der Waals surface area contributed by atoms with Crippen molar-refractivity contribution in [3.63, 3.8) is 0 Å². The Labute approximate surface area is 122 Å². The molecular weight excluding hydrogens is 324 g/mol. The number of H-pyrrole nitrogens is 1. The van der Waals surface area contributed by atoms with Crippen LogP contribution in [0.25, 0.3) is 11.0 Å². The molecule has 20 heavy (non-hydrogen) atoms. The predicted molar refractivity (Wildman–Crippen MR) is 76.2 cm³/mol. The van der Waals surface area contributed by atoms with Gasteiger partial charge in [-0.05, 0) is 19.1 Å². The fourth-order valence-corrected chi connectivity index (χ4v) is 2.38. The number of carbonyl (C=O) groups excluding carboxylic acids is 1. The zero-order valence-corrected chi connectivity index (χ0v) is 12.2. The molecule has 1 amide bonds. The third-order valence-electron chi connectivity index (χ3n) is 2.80. The fourth-order valence-electron chi connectivity index (χ4n) is 1.92. The topological polar surface area (TPSA) is 83.8 Å². The van der Waals surface area contributed by atoms with Crippen molar-refractivity contribution in [2.45, 2.75) is 13.5 Å². The van der Waals surface area contributed by atoms with Gasteiger partial charge in [0.1, 0.15) is 11.3 Å². The van der Waals surface area contributed by atoms with Gasteiger partial charge in [-0.15, -0.1) is 0 Å². The second kappa shape index (κ2) is 5.09. The summed E-state index contributed by atoms with van der Waals surface area (Å²) in [6.07, 6.45) is 3.18. The molecular formula is C13H11BrN4O2. The Hall–Kier alpha value is -2.15. The highest BCUT2D eigenvalue weighted by molar-refractivity contribution is 9.10. The summed E-state index contributed by atoms with van der Waals surface area (Å²) in [5.74, 6) is 0.967. The lowest BCUT2D eigenvalue weighted by molar-refractivity contribution is 0.0948. The molecule has 0 aliphatic heterocycles. The largest absolute Gasteiger partial charge is 0.444 e. The predicted octanol–water partition coefficient (Wildman–Crippen LogP) is 2.55. The van der Waals surface area contributed by atoms with Gasteiger partial charge in [0.25, 0.3) is 5.91 Å². The van der Waals surface area contributed by atoms with Crippen molar-refractivity contribution in [1.29, 1.82) is 0 Å². The van der Waals surface area contributed by atoms with Crippen LogP contribution < -0.4 is 5.32 Å². The minimum Gasteiger partial charge on any atom is -0.444 e. The van der Waals surface area contributed by atoms with Crippen LogP contribution in [-0.2, 0) is 6.54 Å². The molecule has 0 bridgehead atoms. The van der Waals surface area contributed by atoms with Gasteiger partial charge in [0.05, 0.1) is 30.1 Å². The lowest BCUT2D eigenvalue weighted by Gasteiger charge is -2.04. The monoisotopic (exact) mass is 334 g/mol. The quantitative estimate of drug-likeness (QED) is 0.770. The number of hydrogen-bond donors (Lipinski definition) is 2. The maximum Gasteiger partial charge on any atom is 0.254 e. The molecule has 0 spiro atoms. The van der Waals surface area contributed by atoms with E-state index in [2.05, 4.69) is 36.2 Å². The van der Waals surface area contributed by atoms with Crippen molar-refractivity contribution in [1.82, 2.24) is 20.3 Å². The van der Waals surface area contributed by atoms with E-state index >= 15 is 0 Å². The van der Waals surface area contributed by atoms with Crippen LogP contribution in [0.15, 0.2) is 33.5 Å². The number of rotatable bonds is 3. The summed E-state index contributed by atoms with van der Waals surface area (Å²) in [6.45, 7) is 2.05. The van der Waals surface area contributed by atoms with Gasteiger partial charge in [-0.2, -0.15) is 0 Å². The van der Waals surface area contributed by atoms with E-state index in [1.54, 1.807) is 25.5 Å². The second-order valence-corrected chi connectivity index (χ2v) is 5.22. The zero-order valence-electron chi connectivity index (χ0n) is 10.6. The lowest BCUT2D eigenvalue weighted by atomic mass is 10.1. The number of hydrogen-bond acceptors (Lipinski definition) is 4. The second-order valence-electron chi connectivity index (χ2n) is 4.30. The van der Waals surface area contributed by atoms with E-state index in [0.717, 1.165) is 9.99 Å². The Morgan fingerprint density at radius 1 is 1.45 bits per heavy atom. The number of nitrogens with one attached hydrogen (secondary N) is 2. The van der Waals surface area contributed by atoms with Crippen LogP contribution in [0.3, 0.4) is 0 Å². The highest BCUT2D eigenvalue weighted by atomic mass is 79.9. The number of aromatic amines is 1. The Kier molecular flexibility index (Phi) is 3.27. The minimum atomic E-state index is -0.223. The molecule has 3 aromatic rings. The molecule has 2 heterocycles. The molecule has 0 saturated heterocycles. The van der Waals surface area contributed by atoms with E-state index in [1.165, 1.54) is 0 Å². The average molecular weight is 335 g/mol. The molecule has 7 heteroatoms. The molecule has 0 atom stereocenters. The molecule has 0 radical (unpaired) electrons. The van der Waals surface area contributed by atoms with Crippen molar-refractivity contribution < 1.29 is 9.21 Å². The molecule has 2 N–H and O–H groups in total. The molecule has 3 rings (SSSR count). The highest BCUT2D eigenvalue weighted by Crippen LogP contribution is 2.21. The van der Waals surface area contributed by atoms with Crippen LogP contribution in [-0.4, -0.2) is 20.9 Å².